The summed E-state index contributed by atoms with van der Waals surface area (Å²) in [6.45, 7) is 4.21. The van der Waals surface area contributed by atoms with Crippen LogP contribution in [0, 0.1) is 0 Å². The van der Waals surface area contributed by atoms with Gasteiger partial charge in [-0.05, 0) is 0 Å². The molecule has 1 fully saturated rings. The number of halogens is 1. The van der Waals surface area contributed by atoms with Gasteiger partial charge in [0.05, 0.1) is 0 Å². The Balaban J connectivity index is 3.27. The number of nitrogens with one attached hydrogen (secondary N) is 2. The molecule has 0 bridgehead atoms. The van der Waals surface area contributed by atoms with Gasteiger partial charge in [0.2, 0.25) is 0 Å². The van der Waals surface area contributed by atoms with Crippen LogP contribution in [0.1, 0.15) is 27.7 Å². The molecule has 1 aliphatic heterocycles. The molecule has 1 rings (SSSR count). The molecule has 12 nitrogen and oxygen atoms in total. The second kappa shape index (κ2) is 12.2. The number of ether oxygens (including phenoxy) is 5. The van der Waals surface area contributed by atoms with Gasteiger partial charge in [-0.2, -0.15) is 0 Å². The standard InChI is InChI=1S/C17H25ClN2O10/c1-8(21)26-7-12-13(27-9(2)22)14(28-10(3)23)15(29-11(4)24)16(30-12)20-17(25)19-6-5-18/h12-16H,5-7H2,1-4H3,(H2,19,20,25)/t12-,13+,14+,15+,16-/m1/s1. The highest BCUT2D eigenvalue weighted by Crippen LogP contribution is 2.28. The van der Waals surface area contributed by atoms with Gasteiger partial charge in [-0.3, -0.25) is 19.2 Å². The van der Waals surface area contributed by atoms with Gasteiger partial charge >= 0.3 is 29.9 Å². The first kappa shape index (κ1) is 25.4. The summed E-state index contributed by atoms with van der Waals surface area (Å²) in [4.78, 5) is 58.2. The lowest BCUT2D eigenvalue weighted by atomic mass is 9.97. The minimum absolute atomic E-state index is 0.138. The Bertz CT molecular complexity index is 658. The summed E-state index contributed by atoms with van der Waals surface area (Å²) in [6.07, 6.45) is -6.50. The van der Waals surface area contributed by atoms with Crippen molar-refractivity contribution in [1.29, 1.82) is 0 Å². The molecular weight excluding hydrogens is 428 g/mol. The average Bonchev–Trinajstić information content (AvgIpc) is 2.62. The zero-order chi connectivity index (χ0) is 22.8. The van der Waals surface area contributed by atoms with Crippen molar-refractivity contribution in [3.63, 3.8) is 0 Å². The van der Waals surface area contributed by atoms with Crippen molar-refractivity contribution in [3.8, 4) is 0 Å². The first-order chi connectivity index (χ1) is 14.0. The fourth-order valence-electron chi connectivity index (χ4n) is 2.69. The van der Waals surface area contributed by atoms with Crippen molar-refractivity contribution in [2.45, 2.75) is 58.3 Å². The molecule has 1 saturated heterocycles. The van der Waals surface area contributed by atoms with Gasteiger partial charge in [0.25, 0.3) is 0 Å². The second-order valence-corrected chi connectivity index (χ2v) is 6.59. The molecular formula is C17H25ClN2O10. The van der Waals surface area contributed by atoms with E-state index >= 15 is 0 Å². The van der Waals surface area contributed by atoms with Crippen LogP contribution in [0.2, 0.25) is 0 Å². The van der Waals surface area contributed by atoms with Crippen molar-refractivity contribution in [3.05, 3.63) is 0 Å². The second-order valence-electron chi connectivity index (χ2n) is 6.21. The van der Waals surface area contributed by atoms with Gasteiger partial charge in [0.15, 0.2) is 24.5 Å². The number of alkyl halides is 1. The first-order valence-corrected chi connectivity index (χ1v) is 9.49. The molecule has 0 aliphatic carbocycles. The summed E-state index contributed by atoms with van der Waals surface area (Å²) < 4.78 is 26.3. The predicted molar refractivity (Wildman–Crippen MR) is 99.2 cm³/mol. The van der Waals surface area contributed by atoms with E-state index in [9.17, 15) is 24.0 Å². The largest absolute Gasteiger partial charge is 0.463 e. The zero-order valence-corrected chi connectivity index (χ0v) is 17.7. The van der Waals surface area contributed by atoms with Crippen molar-refractivity contribution in [2.75, 3.05) is 19.0 Å². The van der Waals surface area contributed by atoms with Gasteiger partial charge in [0.1, 0.15) is 12.7 Å². The molecule has 0 aromatic heterocycles. The molecule has 0 unspecified atom stereocenters. The van der Waals surface area contributed by atoms with E-state index in [1.807, 2.05) is 0 Å². The van der Waals surface area contributed by atoms with Crippen LogP contribution in [-0.4, -0.2) is 79.6 Å². The first-order valence-electron chi connectivity index (χ1n) is 8.96. The van der Waals surface area contributed by atoms with Crippen LogP contribution in [0.4, 0.5) is 4.79 Å². The van der Waals surface area contributed by atoms with Crippen LogP contribution in [0.15, 0.2) is 0 Å². The molecule has 0 saturated carbocycles. The number of carbonyl (C=O) groups is 5. The number of amides is 2. The van der Waals surface area contributed by atoms with Gasteiger partial charge in [0, 0.05) is 40.1 Å². The van der Waals surface area contributed by atoms with E-state index in [1.165, 1.54) is 0 Å². The number of rotatable bonds is 8. The normalized spacial score (nSPS) is 25.4. The van der Waals surface area contributed by atoms with Crippen molar-refractivity contribution < 1.29 is 47.7 Å². The highest BCUT2D eigenvalue weighted by Gasteiger charge is 2.52. The molecule has 0 radical (unpaired) electrons. The lowest BCUT2D eigenvalue weighted by Gasteiger charge is -2.44. The summed E-state index contributed by atoms with van der Waals surface area (Å²) in [6, 6.07) is -0.712. The van der Waals surface area contributed by atoms with Crippen molar-refractivity contribution >= 4 is 41.5 Å². The van der Waals surface area contributed by atoms with Crippen LogP contribution in [-0.2, 0) is 42.9 Å². The molecule has 5 atom stereocenters. The zero-order valence-electron chi connectivity index (χ0n) is 17.0. The molecule has 30 heavy (non-hydrogen) atoms. The highest BCUT2D eigenvalue weighted by atomic mass is 35.5. The molecule has 0 aromatic carbocycles. The van der Waals surface area contributed by atoms with E-state index in [1.54, 1.807) is 0 Å². The van der Waals surface area contributed by atoms with E-state index in [0.29, 0.717) is 0 Å². The minimum atomic E-state index is -1.37. The van der Waals surface area contributed by atoms with E-state index in [4.69, 9.17) is 35.3 Å². The van der Waals surface area contributed by atoms with Crippen molar-refractivity contribution in [2.24, 2.45) is 0 Å². The fraction of sp³-hybridized carbons (Fsp3) is 0.706. The average molecular weight is 453 g/mol. The smallest absolute Gasteiger partial charge is 0.316 e. The van der Waals surface area contributed by atoms with Gasteiger partial charge in [-0.1, -0.05) is 0 Å². The molecule has 2 N–H and O–H groups in total. The van der Waals surface area contributed by atoms with Gasteiger partial charge in [-0.15, -0.1) is 11.6 Å². The van der Waals surface area contributed by atoms with E-state index in [0.717, 1.165) is 27.7 Å². The summed E-state index contributed by atoms with van der Waals surface area (Å²) in [5.74, 6) is -2.79. The Morgan fingerprint density at radius 3 is 1.87 bits per heavy atom. The maximum absolute atomic E-state index is 12.1. The summed E-state index contributed by atoms with van der Waals surface area (Å²) in [5, 5.41) is 4.86. The fourth-order valence-corrected chi connectivity index (χ4v) is 2.78. The summed E-state index contributed by atoms with van der Waals surface area (Å²) in [7, 11) is 0. The number of esters is 4. The topological polar surface area (TPSA) is 156 Å². The highest BCUT2D eigenvalue weighted by molar-refractivity contribution is 6.18. The minimum Gasteiger partial charge on any atom is -0.463 e. The lowest BCUT2D eigenvalue weighted by Crippen LogP contribution is -2.66. The summed E-state index contributed by atoms with van der Waals surface area (Å²) >= 11 is 5.53. The Morgan fingerprint density at radius 2 is 1.37 bits per heavy atom. The Labute approximate surface area is 177 Å². The Hall–Kier alpha value is -2.60. The molecule has 0 spiro atoms. The molecule has 2 amide bonds. The monoisotopic (exact) mass is 452 g/mol. The molecule has 1 aliphatic rings. The van der Waals surface area contributed by atoms with E-state index in [2.05, 4.69) is 10.6 Å². The Kier molecular flexibility index (Phi) is 10.3. The molecule has 13 heteroatoms. The number of urea groups is 1. The number of hydrogen-bond acceptors (Lipinski definition) is 10. The van der Waals surface area contributed by atoms with E-state index in [-0.39, 0.29) is 19.0 Å². The number of hydrogen-bond donors (Lipinski definition) is 2. The van der Waals surface area contributed by atoms with Crippen LogP contribution in [0.5, 0.6) is 0 Å². The Morgan fingerprint density at radius 1 is 0.833 bits per heavy atom. The molecule has 0 aromatic rings. The maximum atomic E-state index is 12.1. The third-order valence-electron chi connectivity index (χ3n) is 3.64. The lowest BCUT2D eigenvalue weighted by molar-refractivity contribution is -0.255. The van der Waals surface area contributed by atoms with Crippen LogP contribution < -0.4 is 10.6 Å². The van der Waals surface area contributed by atoms with Gasteiger partial charge in [-0.25, -0.2) is 4.79 Å². The van der Waals surface area contributed by atoms with Crippen LogP contribution >= 0.6 is 11.6 Å². The third kappa shape index (κ3) is 8.41. The quantitative estimate of drug-likeness (QED) is 0.282. The third-order valence-corrected chi connectivity index (χ3v) is 3.83. The van der Waals surface area contributed by atoms with Crippen LogP contribution in [0.25, 0.3) is 0 Å². The molecule has 170 valence electrons. The summed E-state index contributed by atoms with van der Waals surface area (Å²) in [5.41, 5.74) is 0. The van der Waals surface area contributed by atoms with Gasteiger partial charge < -0.3 is 34.3 Å². The molecule has 1 heterocycles. The number of carbonyl (C=O) groups excluding carboxylic acids is 5. The van der Waals surface area contributed by atoms with Crippen molar-refractivity contribution in [1.82, 2.24) is 10.6 Å². The predicted octanol–water partition coefficient (Wildman–Crippen LogP) is -0.392. The maximum Gasteiger partial charge on any atom is 0.316 e. The van der Waals surface area contributed by atoms with E-state index < -0.39 is 60.6 Å². The van der Waals surface area contributed by atoms with Crippen LogP contribution in [0.3, 0.4) is 0 Å². The SMILES string of the molecule is CC(=O)OC[C@H]1O[C@@H](NC(=O)NCCCl)[C@@H](OC(C)=O)[C@@H](OC(C)=O)[C@H]1OC(C)=O.